The van der Waals surface area contributed by atoms with E-state index in [-0.39, 0.29) is 0 Å². The molecule has 2 rings (SSSR count). The van der Waals surface area contributed by atoms with Crippen molar-refractivity contribution in [2.45, 2.75) is 64.6 Å². The van der Waals surface area contributed by atoms with Crippen molar-refractivity contribution < 1.29 is 4.74 Å². The van der Waals surface area contributed by atoms with Crippen molar-refractivity contribution in [2.75, 3.05) is 13.2 Å². The monoisotopic (exact) mass is 264 g/mol. The highest BCUT2D eigenvalue weighted by Gasteiger charge is 2.12. The minimum absolute atomic E-state index is 0.548. The first kappa shape index (κ1) is 14.6. The maximum absolute atomic E-state index is 5.91. The molecule has 1 N–H and O–H groups in total. The molecule has 19 heavy (non-hydrogen) atoms. The van der Waals surface area contributed by atoms with Gasteiger partial charge in [-0.25, -0.2) is 0 Å². The fourth-order valence-electron chi connectivity index (χ4n) is 2.70. The van der Waals surface area contributed by atoms with E-state index in [1.54, 1.807) is 0 Å². The summed E-state index contributed by atoms with van der Waals surface area (Å²) in [5.41, 5.74) is 1.37. The van der Waals surface area contributed by atoms with E-state index in [2.05, 4.69) is 35.3 Å². The molecule has 0 unspecified atom stereocenters. The van der Waals surface area contributed by atoms with Gasteiger partial charge >= 0.3 is 0 Å². The Morgan fingerprint density at radius 1 is 1.32 bits per heavy atom. The fraction of sp³-hybridized carbons (Fsp3) is 0.750. The summed E-state index contributed by atoms with van der Waals surface area (Å²) in [7, 11) is 0. The fourth-order valence-corrected chi connectivity index (χ4v) is 2.70. The molecule has 0 aliphatic heterocycles. The smallest absolute Gasteiger partial charge is 0.0575 e. The molecule has 0 bridgehead atoms. The third-order valence-electron chi connectivity index (χ3n) is 3.91. The molecule has 1 aliphatic carbocycles. The van der Waals surface area contributed by atoms with Crippen molar-refractivity contribution in [3.8, 4) is 0 Å². The number of hydrogen-bond acceptors (Lipinski definition) is 2. The SMILES string of the molecule is CCn1ccc(CNCCCOC2CCCCC2)c1. The Bertz CT molecular complexity index is 342. The Morgan fingerprint density at radius 2 is 2.16 bits per heavy atom. The molecular weight excluding hydrogens is 236 g/mol. The van der Waals surface area contributed by atoms with Crippen LogP contribution in [0.4, 0.5) is 0 Å². The molecule has 0 spiro atoms. The third kappa shape index (κ3) is 5.37. The van der Waals surface area contributed by atoms with Crippen molar-refractivity contribution in [2.24, 2.45) is 0 Å². The van der Waals surface area contributed by atoms with Crippen LogP contribution in [0.2, 0.25) is 0 Å². The topological polar surface area (TPSA) is 26.2 Å². The zero-order chi connectivity index (χ0) is 13.3. The van der Waals surface area contributed by atoms with E-state index in [1.165, 1.54) is 37.7 Å². The van der Waals surface area contributed by atoms with Gasteiger partial charge in [-0.3, -0.25) is 0 Å². The van der Waals surface area contributed by atoms with Crippen LogP contribution in [0.5, 0.6) is 0 Å². The van der Waals surface area contributed by atoms with Crippen LogP contribution in [0.3, 0.4) is 0 Å². The van der Waals surface area contributed by atoms with Gasteiger partial charge in [0.15, 0.2) is 0 Å². The quantitative estimate of drug-likeness (QED) is 0.729. The predicted octanol–water partition coefficient (Wildman–Crippen LogP) is 3.34. The van der Waals surface area contributed by atoms with Crippen LogP contribution in [-0.2, 0) is 17.8 Å². The molecule has 0 amide bonds. The molecule has 1 heterocycles. The molecule has 0 atom stereocenters. The highest BCUT2D eigenvalue weighted by Crippen LogP contribution is 2.20. The lowest BCUT2D eigenvalue weighted by atomic mass is 9.98. The average Bonchev–Trinajstić information content (AvgIpc) is 2.92. The van der Waals surface area contributed by atoms with E-state index in [4.69, 9.17) is 4.74 Å². The summed E-state index contributed by atoms with van der Waals surface area (Å²) in [6.07, 6.45) is 12.7. The molecule has 1 saturated carbocycles. The molecule has 1 aromatic rings. The maximum Gasteiger partial charge on any atom is 0.0575 e. The highest BCUT2D eigenvalue weighted by molar-refractivity contribution is 5.09. The summed E-state index contributed by atoms with van der Waals surface area (Å²) < 4.78 is 8.12. The van der Waals surface area contributed by atoms with Gasteiger partial charge in [0.05, 0.1) is 6.10 Å². The number of hydrogen-bond donors (Lipinski definition) is 1. The Labute approximate surface area is 117 Å². The average molecular weight is 264 g/mol. The Hall–Kier alpha value is -0.800. The Kier molecular flexibility index (Phi) is 6.45. The number of aryl methyl sites for hydroxylation is 1. The standard InChI is InChI=1S/C16H28N2O/c1-2-18-11-9-15(14-18)13-17-10-6-12-19-16-7-4-3-5-8-16/h9,11,14,16-17H,2-8,10,12-13H2,1H3. The van der Waals surface area contributed by atoms with Crippen molar-refractivity contribution in [1.29, 1.82) is 0 Å². The van der Waals surface area contributed by atoms with Gasteiger partial charge in [0.1, 0.15) is 0 Å². The zero-order valence-corrected chi connectivity index (χ0v) is 12.2. The largest absolute Gasteiger partial charge is 0.378 e. The number of nitrogens with one attached hydrogen (secondary N) is 1. The van der Waals surface area contributed by atoms with Gasteiger partial charge in [-0.1, -0.05) is 19.3 Å². The van der Waals surface area contributed by atoms with E-state index < -0.39 is 0 Å². The second kappa shape index (κ2) is 8.39. The van der Waals surface area contributed by atoms with Gasteiger partial charge in [-0.15, -0.1) is 0 Å². The molecule has 1 aliphatic rings. The molecule has 1 fully saturated rings. The highest BCUT2D eigenvalue weighted by atomic mass is 16.5. The molecule has 0 saturated heterocycles. The van der Waals surface area contributed by atoms with Gasteiger partial charge in [0.25, 0.3) is 0 Å². The summed E-state index contributed by atoms with van der Waals surface area (Å²) >= 11 is 0. The lowest BCUT2D eigenvalue weighted by molar-refractivity contribution is 0.0273. The van der Waals surface area contributed by atoms with Crippen molar-refractivity contribution in [3.63, 3.8) is 0 Å². The lowest BCUT2D eigenvalue weighted by Crippen LogP contribution is -2.20. The molecule has 3 heteroatoms. The summed E-state index contributed by atoms with van der Waals surface area (Å²) in [5, 5.41) is 3.48. The van der Waals surface area contributed by atoms with Gasteiger partial charge in [-0.05, 0) is 44.4 Å². The summed E-state index contributed by atoms with van der Waals surface area (Å²) in [5.74, 6) is 0. The van der Waals surface area contributed by atoms with Gasteiger partial charge in [-0.2, -0.15) is 0 Å². The molecule has 1 aromatic heterocycles. The lowest BCUT2D eigenvalue weighted by Gasteiger charge is -2.21. The van der Waals surface area contributed by atoms with E-state index >= 15 is 0 Å². The van der Waals surface area contributed by atoms with Crippen molar-refractivity contribution in [1.82, 2.24) is 9.88 Å². The van der Waals surface area contributed by atoms with Crippen LogP contribution >= 0.6 is 0 Å². The summed E-state index contributed by atoms with van der Waals surface area (Å²) in [6, 6.07) is 2.19. The second-order valence-electron chi connectivity index (χ2n) is 5.51. The van der Waals surface area contributed by atoms with Crippen LogP contribution in [0.25, 0.3) is 0 Å². The van der Waals surface area contributed by atoms with Gasteiger partial charge in [0.2, 0.25) is 0 Å². The second-order valence-corrected chi connectivity index (χ2v) is 5.51. The first-order chi connectivity index (χ1) is 9.38. The predicted molar refractivity (Wildman–Crippen MR) is 79.3 cm³/mol. The van der Waals surface area contributed by atoms with Crippen LogP contribution in [0, 0.1) is 0 Å². The zero-order valence-electron chi connectivity index (χ0n) is 12.2. The number of ether oxygens (including phenoxy) is 1. The molecule has 0 aromatic carbocycles. The summed E-state index contributed by atoms with van der Waals surface area (Å²) in [4.78, 5) is 0. The Morgan fingerprint density at radius 3 is 2.89 bits per heavy atom. The van der Waals surface area contributed by atoms with E-state index in [1.807, 2.05) is 0 Å². The molecule has 108 valence electrons. The van der Waals surface area contributed by atoms with E-state index in [0.29, 0.717) is 6.10 Å². The third-order valence-corrected chi connectivity index (χ3v) is 3.91. The van der Waals surface area contributed by atoms with Crippen LogP contribution in [0.15, 0.2) is 18.5 Å². The van der Waals surface area contributed by atoms with Crippen LogP contribution in [0.1, 0.15) is 51.0 Å². The first-order valence-corrected chi connectivity index (χ1v) is 7.85. The van der Waals surface area contributed by atoms with E-state index in [9.17, 15) is 0 Å². The van der Waals surface area contributed by atoms with Crippen molar-refractivity contribution in [3.05, 3.63) is 24.0 Å². The van der Waals surface area contributed by atoms with Gasteiger partial charge in [0, 0.05) is 32.1 Å². The maximum atomic E-state index is 5.91. The molecule has 0 radical (unpaired) electrons. The first-order valence-electron chi connectivity index (χ1n) is 7.85. The summed E-state index contributed by atoms with van der Waals surface area (Å²) in [6.45, 7) is 6.14. The number of aromatic nitrogens is 1. The van der Waals surface area contributed by atoms with Crippen LogP contribution in [-0.4, -0.2) is 23.8 Å². The number of nitrogens with zero attached hydrogens (tertiary/aromatic N) is 1. The minimum atomic E-state index is 0.548. The Balaban J connectivity index is 1.47. The molecule has 3 nitrogen and oxygen atoms in total. The minimum Gasteiger partial charge on any atom is -0.378 e. The normalized spacial score (nSPS) is 16.9. The van der Waals surface area contributed by atoms with Gasteiger partial charge < -0.3 is 14.6 Å². The van der Waals surface area contributed by atoms with Crippen LogP contribution < -0.4 is 5.32 Å². The molecular formula is C16H28N2O. The van der Waals surface area contributed by atoms with E-state index in [0.717, 1.165) is 32.7 Å². The van der Waals surface area contributed by atoms with Crippen molar-refractivity contribution >= 4 is 0 Å². The number of rotatable bonds is 8.